The number of hydrogen-bond acceptors (Lipinski definition) is 5. The van der Waals surface area contributed by atoms with Gasteiger partial charge in [0, 0.05) is 6.61 Å². The van der Waals surface area contributed by atoms with Crippen molar-refractivity contribution in [3.63, 3.8) is 0 Å². The molecule has 0 bridgehead atoms. The molecular weight excluding hydrogens is 176 g/mol. The minimum Gasteiger partial charge on any atom is -0.397 e. The fourth-order valence-electron chi connectivity index (χ4n) is 1.83. The maximum atomic E-state index is 9.25. The second-order valence-electron chi connectivity index (χ2n) is 3.35. The summed E-state index contributed by atoms with van der Waals surface area (Å²) in [4.78, 5) is 0. The zero-order chi connectivity index (χ0) is 10.2. The van der Waals surface area contributed by atoms with Crippen molar-refractivity contribution in [2.75, 3.05) is 6.61 Å². The van der Waals surface area contributed by atoms with Gasteiger partial charge in [0.2, 0.25) is 5.79 Å². The Morgan fingerprint density at radius 2 is 1.85 bits per heavy atom. The minimum absolute atomic E-state index is 0.136. The standard InChI is InChI=1S/C6H10O4.C2H6O/c1-2-3-4(7)5(8)6(3,9)10-2;1-2-3/h2-5,7-9H,1H3;3H,2H2,1H3. The average Bonchev–Trinajstić information content (AvgIpc) is 2.03. The molecule has 1 aliphatic carbocycles. The fourth-order valence-corrected chi connectivity index (χ4v) is 1.83. The van der Waals surface area contributed by atoms with E-state index in [1.165, 1.54) is 0 Å². The maximum absolute atomic E-state index is 9.25. The number of ether oxygens (including phenoxy) is 1. The van der Waals surface area contributed by atoms with Gasteiger partial charge in [0.05, 0.1) is 18.1 Å². The van der Waals surface area contributed by atoms with Gasteiger partial charge in [-0.15, -0.1) is 0 Å². The molecule has 0 aromatic carbocycles. The molecule has 2 fully saturated rings. The molecule has 2 rings (SSSR count). The topological polar surface area (TPSA) is 90.2 Å². The summed E-state index contributed by atoms with van der Waals surface area (Å²) in [6, 6.07) is 0. The third-order valence-electron chi connectivity index (χ3n) is 2.47. The fraction of sp³-hybridized carbons (Fsp3) is 1.00. The molecule has 13 heavy (non-hydrogen) atoms. The summed E-state index contributed by atoms with van der Waals surface area (Å²) in [6.07, 6.45) is -2.06. The largest absolute Gasteiger partial charge is 0.397 e. The van der Waals surface area contributed by atoms with Crippen LogP contribution in [0.15, 0.2) is 0 Å². The van der Waals surface area contributed by atoms with Gasteiger partial charge in [-0.05, 0) is 13.8 Å². The third-order valence-corrected chi connectivity index (χ3v) is 2.47. The number of fused-ring (bicyclic) bond motifs is 1. The maximum Gasteiger partial charge on any atom is 0.202 e. The van der Waals surface area contributed by atoms with Gasteiger partial charge in [0.15, 0.2) is 0 Å². The van der Waals surface area contributed by atoms with Crippen LogP contribution < -0.4 is 0 Å². The molecule has 5 nitrogen and oxygen atoms in total. The van der Waals surface area contributed by atoms with Crippen molar-refractivity contribution in [1.29, 1.82) is 0 Å². The lowest BCUT2D eigenvalue weighted by molar-refractivity contribution is -0.476. The quantitative estimate of drug-likeness (QED) is 0.373. The number of hydrogen-bond donors (Lipinski definition) is 4. The second-order valence-corrected chi connectivity index (χ2v) is 3.35. The predicted octanol–water partition coefficient (Wildman–Crippen LogP) is -1.56. The van der Waals surface area contributed by atoms with Crippen LogP contribution in [-0.2, 0) is 4.74 Å². The molecule has 4 N–H and O–H groups in total. The highest BCUT2D eigenvalue weighted by Crippen LogP contribution is 2.52. The monoisotopic (exact) mass is 192 g/mol. The molecule has 5 heteroatoms. The van der Waals surface area contributed by atoms with E-state index in [-0.39, 0.29) is 18.6 Å². The molecular formula is C8H16O5. The highest BCUT2D eigenvalue weighted by Gasteiger charge is 2.71. The Morgan fingerprint density at radius 1 is 1.38 bits per heavy atom. The van der Waals surface area contributed by atoms with Crippen LogP contribution in [0.25, 0.3) is 0 Å². The Hall–Kier alpha value is -0.200. The van der Waals surface area contributed by atoms with Gasteiger partial charge in [-0.2, -0.15) is 0 Å². The first kappa shape index (κ1) is 10.9. The molecule has 78 valence electrons. The van der Waals surface area contributed by atoms with Crippen LogP contribution in [0.5, 0.6) is 0 Å². The molecule has 0 aromatic heterocycles. The van der Waals surface area contributed by atoms with Crippen LogP contribution in [0.3, 0.4) is 0 Å². The number of aliphatic hydroxyl groups is 4. The van der Waals surface area contributed by atoms with Gasteiger partial charge in [-0.3, -0.25) is 0 Å². The normalized spacial score (nSPS) is 52.2. The first-order valence-corrected chi connectivity index (χ1v) is 4.36. The predicted molar refractivity (Wildman–Crippen MR) is 43.8 cm³/mol. The van der Waals surface area contributed by atoms with E-state index in [1.54, 1.807) is 13.8 Å². The minimum atomic E-state index is -1.43. The Bertz CT molecular complexity index is 185. The molecule has 0 aromatic rings. The van der Waals surface area contributed by atoms with Gasteiger partial charge >= 0.3 is 0 Å². The molecule has 1 heterocycles. The van der Waals surface area contributed by atoms with E-state index in [9.17, 15) is 5.11 Å². The summed E-state index contributed by atoms with van der Waals surface area (Å²) in [6.45, 7) is 3.69. The van der Waals surface area contributed by atoms with Crippen molar-refractivity contribution in [2.24, 2.45) is 5.92 Å². The molecule has 1 saturated carbocycles. The van der Waals surface area contributed by atoms with E-state index >= 15 is 0 Å². The van der Waals surface area contributed by atoms with Crippen LogP contribution in [0, 0.1) is 5.92 Å². The highest BCUT2D eigenvalue weighted by molar-refractivity contribution is 5.13. The summed E-state index contributed by atoms with van der Waals surface area (Å²) in [7, 11) is 0. The van der Waals surface area contributed by atoms with Gasteiger partial charge in [0.25, 0.3) is 0 Å². The molecule has 5 unspecified atom stereocenters. The van der Waals surface area contributed by atoms with Gasteiger partial charge in [-0.25, -0.2) is 0 Å². The lowest BCUT2D eigenvalue weighted by Gasteiger charge is -2.63. The molecule has 0 radical (unpaired) electrons. The molecule has 0 amide bonds. The van der Waals surface area contributed by atoms with Crippen LogP contribution in [0.4, 0.5) is 0 Å². The molecule has 5 atom stereocenters. The summed E-state index contributed by atoms with van der Waals surface area (Å²) in [5.74, 6) is -1.72. The van der Waals surface area contributed by atoms with E-state index in [0.29, 0.717) is 0 Å². The summed E-state index contributed by atoms with van der Waals surface area (Å²) in [5.41, 5.74) is 0. The van der Waals surface area contributed by atoms with E-state index in [4.69, 9.17) is 20.1 Å². The highest BCUT2D eigenvalue weighted by atomic mass is 16.7. The second kappa shape index (κ2) is 3.51. The van der Waals surface area contributed by atoms with E-state index < -0.39 is 18.0 Å². The van der Waals surface area contributed by atoms with Gasteiger partial charge < -0.3 is 25.2 Å². The van der Waals surface area contributed by atoms with Gasteiger partial charge in [0.1, 0.15) is 6.10 Å². The number of rotatable bonds is 0. The lowest BCUT2D eigenvalue weighted by atomic mass is 9.65. The van der Waals surface area contributed by atoms with Crippen molar-refractivity contribution in [2.45, 2.75) is 37.9 Å². The van der Waals surface area contributed by atoms with Crippen molar-refractivity contribution < 1.29 is 25.2 Å². The zero-order valence-corrected chi connectivity index (χ0v) is 7.71. The lowest BCUT2D eigenvalue weighted by Crippen LogP contribution is -2.81. The van der Waals surface area contributed by atoms with Crippen molar-refractivity contribution in [1.82, 2.24) is 0 Å². The average molecular weight is 192 g/mol. The Morgan fingerprint density at radius 3 is 2.08 bits per heavy atom. The van der Waals surface area contributed by atoms with Crippen LogP contribution in [0.1, 0.15) is 13.8 Å². The van der Waals surface area contributed by atoms with E-state index in [0.717, 1.165) is 0 Å². The van der Waals surface area contributed by atoms with Crippen molar-refractivity contribution in [3.8, 4) is 0 Å². The third kappa shape index (κ3) is 1.37. The van der Waals surface area contributed by atoms with E-state index in [2.05, 4.69) is 0 Å². The van der Waals surface area contributed by atoms with Crippen molar-refractivity contribution >= 4 is 0 Å². The Labute approximate surface area is 76.6 Å². The summed E-state index contributed by atoms with van der Waals surface area (Å²) >= 11 is 0. The zero-order valence-electron chi connectivity index (χ0n) is 7.71. The molecule has 1 saturated heterocycles. The number of aliphatic hydroxyl groups excluding tert-OH is 3. The first-order chi connectivity index (χ1) is 5.99. The molecule has 0 spiro atoms. The summed E-state index contributed by atoms with van der Waals surface area (Å²) in [5, 5.41) is 34.8. The van der Waals surface area contributed by atoms with Crippen molar-refractivity contribution in [3.05, 3.63) is 0 Å². The Balaban J connectivity index is 0.000000251. The molecule has 1 aliphatic heterocycles. The smallest absolute Gasteiger partial charge is 0.202 e. The van der Waals surface area contributed by atoms with Crippen LogP contribution in [0.2, 0.25) is 0 Å². The van der Waals surface area contributed by atoms with Crippen LogP contribution >= 0.6 is 0 Å². The first-order valence-electron chi connectivity index (χ1n) is 4.36. The Kier molecular flexibility index (Phi) is 2.94. The summed E-state index contributed by atoms with van der Waals surface area (Å²) < 4.78 is 4.85. The van der Waals surface area contributed by atoms with E-state index in [1.807, 2.05) is 0 Å². The molecule has 2 aliphatic rings. The van der Waals surface area contributed by atoms with Gasteiger partial charge in [-0.1, -0.05) is 0 Å². The SMILES string of the molecule is CC1OC2(O)C(O)C(O)C12.CCO. The van der Waals surface area contributed by atoms with Crippen LogP contribution in [-0.4, -0.2) is 51.1 Å².